The maximum Gasteiger partial charge on any atom is 0.0641 e. The molecule has 0 aliphatic heterocycles. The molecule has 0 fully saturated rings. The van der Waals surface area contributed by atoms with Crippen LogP contribution in [0.15, 0.2) is 267 Å². The lowest BCUT2D eigenvalue weighted by Crippen LogP contribution is -2.12. The molecule has 4 heteroatoms. The summed E-state index contributed by atoms with van der Waals surface area (Å²) in [6, 6.07) is 100. The molecule has 410 valence electrons. The number of rotatable bonds is 8. The Hall–Kier alpha value is -10.4. The summed E-state index contributed by atoms with van der Waals surface area (Å²) in [5, 5.41) is 14.9. The Morgan fingerprint density at radius 3 is 1.07 bits per heavy atom. The summed E-state index contributed by atoms with van der Waals surface area (Å²) in [6.45, 7) is 14.0. The fourth-order valence-corrected chi connectivity index (χ4v) is 14.4. The van der Waals surface area contributed by atoms with Crippen LogP contribution in [0.4, 0.5) is 34.1 Å². The minimum absolute atomic E-state index is 0.0684. The third-order valence-corrected chi connectivity index (χ3v) is 18.6. The summed E-state index contributed by atoms with van der Waals surface area (Å²) >= 11 is 0. The van der Waals surface area contributed by atoms with Gasteiger partial charge in [0.1, 0.15) is 0 Å². The lowest BCUT2D eigenvalue weighted by molar-refractivity contribution is 0.591. The summed E-state index contributed by atoms with van der Waals surface area (Å²) in [7, 11) is 0. The summed E-state index contributed by atoms with van der Waals surface area (Å²) in [5.74, 6) is 0. The molecule has 0 unspecified atom stereocenters. The maximum absolute atomic E-state index is 2.59. The second-order valence-electron chi connectivity index (χ2n) is 25.7. The largest absolute Gasteiger partial charge is 0.309 e. The van der Waals surface area contributed by atoms with Crippen molar-refractivity contribution < 1.29 is 0 Å². The highest BCUT2D eigenvalue weighted by molar-refractivity contribution is 6.32. The van der Waals surface area contributed by atoms with Crippen LogP contribution in [-0.4, -0.2) is 8.80 Å². The van der Waals surface area contributed by atoms with Crippen molar-refractivity contribution in [2.24, 2.45) is 0 Å². The van der Waals surface area contributed by atoms with Crippen LogP contribution < -0.4 is 9.80 Å². The molecule has 4 aromatic heterocycles. The van der Waals surface area contributed by atoms with Crippen molar-refractivity contribution in [2.75, 3.05) is 9.80 Å². The van der Waals surface area contributed by atoms with E-state index in [2.05, 4.69) is 327 Å². The first kappa shape index (κ1) is 50.1. The number of hydrogen-bond acceptors (Lipinski definition) is 2. The molecule has 0 amide bonds. The van der Waals surface area contributed by atoms with Gasteiger partial charge in [-0.25, -0.2) is 0 Å². The molecule has 86 heavy (non-hydrogen) atoms. The number of benzene rings is 13. The molecular weight excluding hydrogens is 1040 g/mol. The van der Waals surface area contributed by atoms with Crippen LogP contribution in [0, 0.1) is 0 Å². The molecule has 0 atom stereocenters. The van der Waals surface area contributed by atoms with Crippen LogP contribution >= 0.6 is 0 Å². The molecule has 0 bridgehead atoms. The average Bonchev–Trinajstić information content (AvgIpc) is 1.63. The lowest BCUT2D eigenvalue weighted by atomic mass is 9.86. The van der Waals surface area contributed by atoms with Crippen molar-refractivity contribution in [3.8, 4) is 22.3 Å². The Bertz CT molecular complexity index is 5210. The van der Waals surface area contributed by atoms with E-state index in [0.29, 0.717) is 0 Å². The third kappa shape index (κ3) is 7.48. The van der Waals surface area contributed by atoms with Gasteiger partial charge in [-0.1, -0.05) is 211 Å². The van der Waals surface area contributed by atoms with E-state index >= 15 is 0 Å². The Balaban J connectivity index is 0.949. The van der Waals surface area contributed by atoms with E-state index in [9.17, 15) is 0 Å². The number of fused-ring (bicyclic) bond motifs is 14. The van der Waals surface area contributed by atoms with Crippen molar-refractivity contribution in [1.82, 2.24) is 8.80 Å². The van der Waals surface area contributed by atoms with E-state index in [1.165, 1.54) is 131 Å². The van der Waals surface area contributed by atoms with Gasteiger partial charge in [-0.3, -0.25) is 0 Å². The third-order valence-electron chi connectivity index (χ3n) is 18.6. The second-order valence-corrected chi connectivity index (χ2v) is 25.7. The van der Waals surface area contributed by atoms with Crippen molar-refractivity contribution >= 4 is 132 Å². The van der Waals surface area contributed by atoms with E-state index in [1.807, 2.05) is 0 Å². The zero-order valence-electron chi connectivity index (χ0n) is 49.2. The van der Waals surface area contributed by atoms with Gasteiger partial charge in [0.05, 0.1) is 55.8 Å². The topological polar surface area (TPSA) is 15.3 Å². The van der Waals surface area contributed by atoms with Gasteiger partial charge in [0.15, 0.2) is 0 Å². The SMILES string of the molecule is CC(C)(C)c1ccc2c(c1)c1c(N(c3ccccc3)c3ccccc3-c3ccc4ccccc4c3)ccc3c4cc5c(cc4n2c31)c1ccc(N(c2ccccc2)c2ccccc2-c2ccc3ccccc3c2)c2c3cc(C(C)(C)C)ccc3n5c12. The Morgan fingerprint density at radius 1 is 0.267 bits per heavy atom. The molecule has 0 saturated heterocycles. The number of aromatic nitrogens is 2. The summed E-state index contributed by atoms with van der Waals surface area (Å²) in [6.07, 6.45) is 0. The molecule has 0 saturated carbocycles. The van der Waals surface area contributed by atoms with Crippen LogP contribution in [0.3, 0.4) is 0 Å². The van der Waals surface area contributed by atoms with E-state index < -0.39 is 0 Å². The summed E-state index contributed by atoms with van der Waals surface area (Å²) < 4.78 is 5.19. The van der Waals surface area contributed by atoms with Crippen LogP contribution in [0.25, 0.3) is 120 Å². The summed E-state index contributed by atoms with van der Waals surface area (Å²) in [4.78, 5) is 5.03. The van der Waals surface area contributed by atoms with Crippen molar-refractivity contribution in [1.29, 1.82) is 0 Å². The number of para-hydroxylation sites is 4. The Morgan fingerprint density at radius 2 is 0.651 bits per heavy atom. The summed E-state index contributed by atoms with van der Waals surface area (Å²) in [5.41, 5.74) is 21.3. The van der Waals surface area contributed by atoms with Gasteiger partial charge in [-0.2, -0.15) is 0 Å². The number of hydrogen-bond donors (Lipinski definition) is 0. The van der Waals surface area contributed by atoms with Gasteiger partial charge in [0.2, 0.25) is 0 Å². The highest BCUT2D eigenvalue weighted by atomic mass is 15.2. The molecule has 17 rings (SSSR count). The van der Waals surface area contributed by atoms with Crippen LogP contribution in [0.1, 0.15) is 52.7 Å². The quantitative estimate of drug-likeness (QED) is 0.151. The highest BCUT2D eigenvalue weighted by Crippen LogP contribution is 2.54. The molecule has 0 spiro atoms. The van der Waals surface area contributed by atoms with E-state index in [4.69, 9.17) is 0 Å². The molecule has 0 aliphatic rings. The molecule has 0 aliphatic carbocycles. The minimum Gasteiger partial charge on any atom is -0.309 e. The lowest BCUT2D eigenvalue weighted by Gasteiger charge is -2.29. The van der Waals surface area contributed by atoms with E-state index in [1.54, 1.807) is 0 Å². The normalized spacial score (nSPS) is 12.5. The van der Waals surface area contributed by atoms with Crippen LogP contribution in [0.5, 0.6) is 0 Å². The van der Waals surface area contributed by atoms with E-state index in [0.717, 1.165) is 34.1 Å². The molecular formula is C82H62N4. The van der Waals surface area contributed by atoms with Crippen molar-refractivity contribution in [3.05, 3.63) is 278 Å². The van der Waals surface area contributed by atoms with Crippen molar-refractivity contribution in [2.45, 2.75) is 52.4 Å². The molecule has 17 aromatic rings. The smallest absolute Gasteiger partial charge is 0.0641 e. The van der Waals surface area contributed by atoms with Crippen molar-refractivity contribution in [3.63, 3.8) is 0 Å². The predicted molar refractivity (Wildman–Crippen MR) is 368 cm³/mol. The fraction of sp³-hybridized carbons (Fsp3) is 0.0976. The van der Waals surface area contributed by atoms with Gasteiger partial charge in [0, 0.05) is 65.6 Å². The van der Waals surface area contributed by atoms with Gasteiger partial charge in [0.25, 0.3) is 0 Å². The van der Waals surface area contributed by atoms with E-state index in [-0.39, 0.29) is 10.8 Å². The van der Waals surface area contributed by atoms with Gasteiger partial charge < -0.3 is 18.6 Å². The Labute approximate surface area is 500 Å². The number of anilines is 6. The predicted octanol–water partition coefficient (Wildman–Crippen LogP) is 23.2. The fourth-order valence-electron chi connectivity index (χ4n) is 14.4. The van der Waals surface area contributed by atoms with Gasteiger partial charge in [-0.05, 0) is 152 Å². The molecule has 0 radical (unpaired) electrons. The van der Waals surface area contributed by atoms with Crippen LogP contribution in [-0.2, 0) is 10.8 Å². The molecule has 0 N–H and O–H groups in total. The zero-order valence-corrected chi connectivity index (χ0v) is 49.2. The zero-order chi connectivity index (χ0) is 57.7. The molecule has 4 heterocycles. The standard InChI is InChI=1S/C82H62N4/c1-81(2,3)57-37-41-71-67(47-57)77-73(83(59-25-9-7-10-26-59)69-31-19-17-29-61(69)55-35-33-51-21-13-15-23-53(51)45-55)43-39-63-65-50-76-66(49-75(65)85(71)79(63)77)64-40-44-74(78-68-48-58(82(4,5)6)38-42-72(68)86(76)80(64)78)84(60-27-11-8-12-28-60)70-32-20-18-30-62(70)56-36-34-52-22-14-16-24-54(52)46-56/h7-50H,1-6H3. The first-order chi connectivity index (χ1) is 41.9. The van der Waals surface area contributed by atoms with Crippen LogP contribution in [0.2, 0.25) is 0 Å². The first-order valence-electron chi connectivity index (χ1n) is 30.2. The molecule has 13 aromatic carbocycles. The Kier molecular flexibility index (Phi) is 10.8. The van der Waals surface area contributed by atoms with Gasteiger partial charge >= 0.3 is 0 Å². The highest BCUT2D eigenvalue weighted by Gasteiger charge is 2.31. The maximum atomic E-state index is 2.59. The molecule has 4 nitrogen and oxygen atoms in total. The van der Waals surface area contributed by atoms with Gasteiger partial charge in [-0.15, -0.1) is 0 Å². The second kappa shape index (κ2) is 18.5. The average molecular weight is 1100 g/mol. The minimum atomic E-state index is -0.0684. The monoisotopic (exact) mass is 1100 g/mol. The number of nitrogens with zero attached hydrogens (tertiary/aromatic N) is 4. The first-order valence-corrected chi connectivity index (χ1v) is 30.2.